The molecule has 0 spiro atoms. The molecule has 26 heavy (non-hydrogen) atoms. The standard InChI is InChI=1S/C20H24N4O2/c1-3-26-19(25)20-13-23(2)11-16(20)12-24(14-20)18-10-9-17(21-22-18)15-7-5-4-6-8-15/h4-10,16H,3,11-14H2,1-2H3. The van der Waals surface area contributed by atoms with E-state index in [4.69, 9.17) is 4.74 Å². The molecule has 2 atom stereocenters. The highest BCUT2D eigenvalue weighted by Crippen LogP contribution is 2.44. The number of ether oxygens (including phenoxy) is 1. The lowest BCUT2D eigenvalue weighted by molar-refractivity contribution is -0.154. The second kappa shape index (κ2) is 6.68. The maximum Gasteiger partial charge on any atom is 0.315 e. The van der Waals surface area contributed by atoms with Gasteiger partial charge in [-0.15, -0.1) is 10.2 Å². The molecule has 6 nitrogen and oxygen atoms in total. The van der Waals surface area contributed by atoms with Crippen molar-refractivity contribution in [2.75, 3.05) is 44.7 Å². The SMILES string of the molecule is CCOC(=O)C12CN(C)CC1CN(c1ccc(-c3ccccc3)nn1)C2. The molecule has 0 aliphatic carbocycles. The fraction of sp³-hybridized carbons (Fsp3) is 0.450. The van der Waals surface area contributed by atoms with Crippen LogP contribution in [0.5, 0.6) is 0 Å². The minimum absolute atomic E-state index is 0.0780. The summed E-state index contributed by atoms with van der Waals surface area (Å²) in [5, 5.41) is 8.82. The molecule has 2 aliphatic heterocycles. The van der Waals surface area contributed by atoms with E-state index in [2.05, 4.69) is 27.0 Å². The van der Waals surface area contributed by atoms with Gasteiger partial charge in [0.05, 0.1) is 12.3 Å². The Kier molecular flexibility index (Phi) is 4.36. The molecule has 0 amide bonds. The van der Waals surface area contributed by atoms with Gasteiger partial charge in [-0.25, -0.2) is 0 Å². The molecule has 6 heteroatoms. The smallest absolute Gasteiger partial charge is 0.315 e. The van der Waals surface area contributed by atoms with Gasteiger partial charge >= 0.3 is 5.97 Å². The van der Waals surface area contributed by atoms with Crippen LogP contribution in [0.4, 0.5) is 5.82 Å². The van der Waals surface area contributed by atoms with E-state index in [9.17, 15) is 4.79 Å². The van der Waals surface area contributed by atoms with Crippen molar-refractivity contribution in [1.29, 1.82) is 0 Å². The molecule has 2 saturated heterocycles. The number of fused-ring (bicyclic) bond motifs is 1. The number of rotatable bonds is 4. The Morgan fingerprint density at radius 2 is 1.96 bits per heavy atom. The van der Waals surface area contributed by atoms with Crippen LogP contribution in [-0.4, -0.2) is 60.9 Å². The third-order valence-electron chi connectivity index (χ3n) is 5.51. The predicted molar refractivity (Wildman–Crippen MR) is 99.7 cm³/mol. The number of likely N-dealkylation sites (tertiary alicyclic amines) is 1. The van der Waals surface area contributed by atoms with E-state index in [0.29, 0.717) is 13.2 Å². The summed E-state index contributed by atoms with van der Waals surface area (Å²) in [6.07, 6.45) is 0. The van der Waals surface area contributed by atoms with Crippen LogP contribution in [0.1, 0.15) is 6.92 Å². The Morgan fingerprint density at radius 3 is 2.65 bits per heavy atom. The summed E-state index contributed by atoms with van der Waals surface area (Å²) in [6.45, 7) is 5.38. The fourth-order valence-corrected chi connectivity index (χ4v) is 4.31. The molecule has 4 rings (SSSR count). The van der Waals surface area contributed by atoms with Crippen molar-refractivity contribution in [3.63, 3.8) is 0 Å². The van der Waals surface area contributed by atoms with Crippen LogP contribution < -0.4 is 4.90 Å². The summed E-state index contributed by atoms with van der Waals surface area (Å²) < 4.78 is 5.41. The Balaban J connectivity index is 1.55. The van der Waals surface area contributed by atoms with Gasteiger partial charge in [-0.05, 0) is 26.1 Å². The van der Waals surface area contributed by atoms with Crippen molar-refractivity contribution in [1.82, 2.24) is 15.1 Å². The molecule has 0 N–H and O–H groups in total. The lowest BCUT2D eigenvalue weighted by Crippen LogP contribution is -2.42. The number of esters is 1. The topological polar surface area (TPSA) is 58.6 Å². The van der Waals surface area contributed by atoms with Gasteiger partial charge in [-0.2, -0.15) is 0 Å². The molecule has 1 aromatic heterocycles. The molecule has 0 radical (unpaired) electrons. The van der Waals surface area contributed by atoms with Gasteiger partial charge < -0.3 is 14.5 Å². The lowest BCUT2D eigenvalue weighted by atomic mass is 9.81. The van der Waals surface area contributed by atoms with Crippen LogP contribution in [0.2, 0.25) is 0 Å². The summed E-state index contributed by atoms with van der Waals surface area (Å²) in [6, 6.07) is 14.0. The highest BCUT2D eigenvalue weighted by atomic mass is 16.5. The van der Waals surface area contributed by atoms with Crippen molar-refractivity contribution in [3.05, 3.63) is 42.5 Å². The molecule has 2 unspecified atom stereocenters. The number of nitrogens with zero attached hydrogens (tertiary/aromatic N) is 4. The molecule has 3 heterocycles. The van der Waals surface area contributed by atoms with Crippen LogP contribution in [0.15, 0.2) is 42.5 Å². The summed E-state index contributed by atoms with van der Waals surface area (Å²) in [5.74, 6) is 1.01. The maximum absolute atomic E-state index is 12.7. The van der Waals surface area contributed by atoms with E-state index in [1.54, 1.807) is 0 Å². The zero-order chi connectivity index (χ0) is 18.1. The number of hydrogen-bond acceptors (Lipinski definition) is 6. The van der Waals surface area contributed by atoms with E-state index >= 15 is 0 Å². The Bertz CT molecular complexity index is 780. The second-order valence-electron chi connectivity index (χ2n) is 7.29. The number of carbonyl (C=O) groups excluding carboxylic acids is 1. The Morgan fingerprint density at radius 1 is 1.15 bits per heavy atom. The zero-order valence-electron chi connectivity index (χ0n) is 15.3. The maximum atomic E-state index is 12.7. The molecular formula is C20H24N4O2. The summed E-state index contributed by atoms with van der Waals surface area (Å²) in [7, 11) is 2.07. The summed E-state index contributed by atoms with van der Waals surface area (Å²) in [4.78, 5) is 17.1. The minimum Gasteiger partial charge on any atom is -0.465 e. The fourth-order valence-electron chi connectivity index (χ4n) is 4.31. The van der Waals surface area contributed by atoms with E-state index in [1.807, 2.05) is 49.4 Å². The molecule has 2 aromatic rings. The summed E-state index contributed by atoms with van der Waals surface area (Å²) in [5.41, 5.74) is 1.45. The third-order valence-corrected chi connectivity index (χ3v) is 5.51. The molecule has 2 aliphatic rings. The van der Waals surface area contributed by atoms with Gasteiger partial charge in [0.25, 0.3) is 0 Å². The van der Waals surface area contributed by atoms with Crippen LogP contribution >= 0.6 is 0 Å². The van der Waals surface area contributed by atoms with E-state index in [1.165, 1.54) is 0 Å². The average molecular weight is 352 g/mol. The Labute approximate surface area is 153 Å². The number of carbonyl (C=O) groups is 1. The third kappa shape index (κ3) is 2.84. The highest BCUT2D eigenvalue weighted by Gasteiger charge is 2.57. The minimum atomic E-state index is -0.454. The van der Waals surface area contributed by atoms with Crippen LogP contribution in [0, 0.1) is 11.3 Å². The average Bonchev–Trinajstić information content (AvgIpc) is 3.17. The molecule has 136 valence electrons. The second-order valence-corrected chi connectivity index (χ2v) is 7.29. The molecular weight excluding hydrogens is 328 g/mol. The number of benzene rings is 1. The van der Waals surface area contributed by atoms with E-state index < -0.39 is 5.41 Å². The van der Waals surface area contributed by atoms with Gasteiger partial charge in [-0.1, -0.05) is 30.3 Å². The monoisotopic (exact) mass is 352 g/mol. The van der Waals surface area contributed by atoms with Gasteiger partial charge in [-0.3, -0.25) is 4.79 Å². The number of hydrogen-bond donors (Lipinski definition) is 0. The first-order valence-electron chi connectivity index (χ1n) is 9.12. The van der Waals surface area contributed by atoms with E-state index in [-0.39, 0.29) is 11.9 Å². The highest BCUT2D eigenvalue weighted by molar-refractivity contribution is 5.80. The van der Waals surface area contributed by atoms with Gasteiger partial charge in [0, 0.05) is 37.7 Å². The predicted octanol–water partition coefficient (Wildman–Crippen LogP) is 2.07. The zero-order valence-corrected chi connectivity index (χ0v) is 15.3. The molecule has 0 bridgehead atoms. The number of anilines is 1. The largest absolute Gasteiger partial charge is 0.465 e. The quantitative estimate of drug-likeness (QED) is 0.785. The van der Waals surface area contributed by atoms with Crippen LogP contribution in [0.3, 0.4) is 0 Å². The Hall–Kier alpha value is -2.47. The lowest BCUT2D eigenvalue weighted by Gasteiger charge is -2.26. The van der Waals surface area contributed by atoms with Crippen molar-refractivity contribution >= 4 is 11.8 Å². The van der Waals surface area contributed by atoms with Crippen molar-refractivity contribution < 1.29 is 9.53 Å². The van der Waals surface area contributed by atoms with Gasteiger partial charge in [0.1, 0.15) is 5.41 Å². The first-order valence-corrected chi connectivity index (χ1v) is 9.12. The van der Waals surface area contributed by atoms with Crippen LogP contribution in [0.25, 0.3) is 11.3 Å². The van der Waals surface area contributed by atoms with Gasteiger partial charge in [0.15, 0.2) is 5.82 Å². The molecule has 1 aromatic carbocycles. The number of aromatic nitrogens is 2. The molecule has 2 fully saturated rings. The van der Waals surface area contributed by atoms with Gasteiger partial charge in [0.2, 0.25) is 0 Å². The normalized spacial score (nSPS) is 25.3. The summed E-state index contributed by atoms with van der Waals surface area (Å²) >= 11 is 0. The molecule has 0 saturated carbocycles. The first kappa shape index (κ1) is 17.0. The van der Waals surface area contributed by atoms with Crippen LogP contribution in [-0.2, 0) is 9.53 Å². The van der Waals surface area contributed by atoms with E-state index in [0.717, 1.165) is 36.7 Å². The van der Waals surface area contributed by atoms with Crippen molar-refractivity contribution in [2.45, 2.75) is 6.92 Å². The van der Waals surface area contributed by atoms with Crippen molar-refractivity contribution in [3.8, 4) is 11.3 Å². The van der Waals surface area contributed by atoms with Crippen molar-refractivity contribution in [2.24, 2.45) is 11.3 Å². The first-order chi connectivity index (χ1) is 12.6.